The molecule has 0 spiro atoms. The third kappa shape index (κ3) is 4.41. The van der Waals surface area contributed by atoms with Gasteiger partial charge >= 0.3 is 6.18 Å². The van der Waals surface area contributed by atoms with Crippen LogP contribution in [0, 0.1) is 13.8 Å². The van der Waals surface area contributed by atoms with Crippen LogP contribution in [0.1, 0.15) is 22.5 Å². The average molecular weight is 324 g/mol. The maximum atomic E-state index is 12.8. The van der Waals surface area contributed by atoms with E-state index in [4.69, 9.17) is 0 Å². The van der Waals surface area contributed by atoms with Crippen LogP contribution in [0.4, 0.5) is 13.2 Å². The number of nitrogens with one attached hydrogen (secondary N) is 1. The summed E-state index contributed by atoms with van der Waals surface area (Å²) in [6.07, 6.45) is -3.50. The summed E-state index contributed by atoms with van der Waals surface area (Å²) < 4.78 is 39.9. The molecule has 2 rings (SSSR count). The molecule has 23 heavy (non-hydrogen) atoms. The quantitative estimate of drug-likeness (QED) is 0.694. The van der Waals surface area contributed by atoms with E-state index in [1.165, 1.54) is 22.9 Å². The van der Waals surface area contributed by atoms with Gasteiger partial charge in [0.15, 0.2) is 0 Å². The molecule has 8 heteroatoms. The summed E-state index contributed by atoms with van der Waals surface area (Å²) in [7, 11) is 0. The van der Waals surface area contributed by atoms with Crippen molar-refractivity contribution < 1.29 is 18.0 Å². The standard InChI is InChI=1S/C15H15F3N4O/c1-10-7-11(2)22(21-10)9-14(23)20-19-8-12-5-3-4-6-13(12)15(16,17)18/h3-8H,9H2,1-2H3,(H,20,23)/b19-8+. The van der Waals surface area contributed by atoms with Crippen molar-refractivity contribution in [3.05, 3.63) is 52.8 Å². The third-order valence-corrected chi connectivity index (χ3v) is 3.06. The Bertz CT molecular complexity index is 735. The number of nitrogens with zero attached hydrogens (tertiary/aromatic N) is 3. The Morgan fingerprint density at radius 1 is 1.35 bits per heavy atom. The smallest absolute Gasteiger partial charge is 0.271 e. The number of carbonyl (C=O) groups excluding carboxylic acids is 1. The second-order valence-electron chi connectivity index (χ2n) is 4.96. The van der Waals surface area contributed by atoms with Gasteiger partial charge in [0.25, 0.3) is 5.91 Å². The third-order valence-electron chi connectivity index (χ3n) is 3.06. The summed E-state index contributed by atoms with van der Waals surface area (Å²) in [4.78, 5) is 11.7. The molecule has 0 radical (unpaired) electrons. The van der Waals surface area contributed by atoms with Crippen LogP contribution in [-0.4, -0.2) is 21.9 Å². The van der Waals surface area contributed by atoms with Gasteiger partial charge in [-0.1, -0.05) is 18.2 Å². The van der Waals surface area contributed by atoms with Crippen molar-refractivity contribution >= 4 is 12.1 Å². The highest BCUT2D eigenvalue weighted by atomic mass is 19.4. The molecule has 0 atom stereocenters. The highest BCUT2D eigenvalue weighted by molar-refractivity contribution is 5.84. The number of hydrazone groups is 1. The zero-order valence-electron chi connectivity index (χ0n) is 12.6. The molecule has 0 saturated heterocycles. The Kier molecular flexibility index (Phi) is 4.83. The molecule has 0 saturated carbocycles. The molecule has 2 aromatic rings. The van der Waals surface area contributed by atoms with Gasteiger partial charge in [0.1, 0.15) is 6.54 Å². The lowest BCUT2D eigenvalue weighted by atomic mass is 10.1. The predicted octanol–water partition coefficient (Wildman–Crippen LogP) is 2.67. The molecule has 1 aromatic carbocycles. The van der Waals surface area contributed by atoms with E-state index in [0.29, 0.717) is 0 Å². The maximum absolute atomic E-state index is 12.8. The minimum absolute atomic E-state index is 0.0576. The van der Waals surface area contributed by atoms with Crippen LogP contribution in [0.15, 0.2) is 35.4 Å². The van der Waals surface area contributed by atoms with Crippen LogP contribution >= 0.6 is 0 Å². The lowest BCUT2D eigenvalue weighted by molar-refractivity contribution is -0.137. The van der Waals surface area contributed by atoms with E-state index >= 15 is 0 Å². The molecule has 0 aliphatic rings. The molecular weight excluding hydrogens is 309 g/mol. The molecule has 1 heterocycles. The van der Waals surface area contributed by atoms with Crippen molar-refractivity contribution in [2.45, 2.75) is 26.6 Å². The fourth-order valence-electron chi connectivity index (χ4n) is 2.05. The van der Waals surface area contributed by atoms with Crippen LogP contribution in [-0.2, 0) is 17.5 Å². The van der Waals surface area contributed by atoms with Gasteiger partial charge in [-0.15, -0.1) is 0 Å². The summed E-state index contributed by atoms with van der Waals surface area (Å²) in [6, 6.07) is 6.81. The Labute approximate surface area is 130 Å². The van der Waals surface area contributed by atoms with Crippen LogP contribution in [0.5, 0.6) is 0 Å². The average Bonchev–Trinajstić information content (AvgIpc) is 2.76. The molecule has 0 fully saturated rings. The van der Waals surface area contributed by atoms with Crippen LogP contribution in [0.2, 0.25) is 0 Å². The van der Waals surface area contributed by atoms with E-state index in [-0.39, 0.29) is 12.1 Å². The predicted molar refractivity (Wildman–Crippen MR) is 78.9 cm³/mol. The fourth-order valence-corrected chi connectivity index (χ4v) is 2.05. The van der Waals surface area contributed by atoms with Crippen LogP contribution < -0.4 is 5.43 Å². The molecular formula is C15H15F3N4O. The maximum Gasteiger partial charge on any atom is 0.417 e. The number of amides is 1. The van der Waals surface area contributed by atoms with E-state index in [1.807, 2.05) is 6.07 Å². The van der Waals surface area contributed by atoms with Crippen molar-refractivity contribution in [1.82, 2.24) is 15.2 Å². The Morgan fingerprint density at radius 2 is 2.04 bits per heavy atom. The monoisotopic (exact) mass is 324 g/mol. The van der Waals surface area contributed by atoms with Gasteiger partial charge in [0, 0.05) is 11.3 Å². The van der Waals surface area contributed by atoms with E-state index in [1.54, 1.807) is 13.8 Å². The number of carbonyl (C=O) groups is 1. The van der Waals surface area contributed by atoms with Crippen LogP contribution in [0.25, 0.3) is 0 Å². The van der Waals surface area contributed by atoms with E-state index in [0.717, 1.165) is 23.7 Å². The van der Waals surface area contributed by atoms with Crippen molar-refractivity contribution in [2.75, 3.05) is 0 Å². The Morgan fingerprint density at radius 3 is 2.65 bits per heavy atom. The minimum atomic E-state index is -4.48. The SMILES string of the molecule is Cc1cc(C)n(CC(=O)N/N=C/c2ccccc2C(F)(F)F)n1. The highest BCUT2D eigenvalue weighted by Gasteiger charge is 2.32. The number of rotatable bonds is 4. The molecule has 1 amide bonds. The van der Waals surface area contributed by atoms with Crippen LogP contribution in [0.3, 0.4) is 0 Å². The van der Waals surface area contributed by atoms with E-state index in [2.05, 4.69) is 15.6 Å². The highest BCUT2D eigenvalue weighted by Crippen LogP contribution is 2.30. The number of alkyl halides is 3. The number of aryl methyl sites for hydroxylation is 2. The molecule has 1 aromatic heterocycles. The van der Waals surface area contributed by atoms with E-state index in [9.17, 15) is 18.0 Å². The first-order valence-corrected chi connectivity index (χ1v) is 6.76. The number of benzene rings is 1. The van der Waals surface area contributed by atoms with E-state index < -0.39 is 17.6 Å². The molecule has 122 valence electrons. The van der Waals surface area contributed by atoms with Gasteiger partial charge in [-0.05, 0) is 26.0 Å². The first-order valence-electron chi connectivity index (χ1n) is 6.76. The van der Waals surface area contributed by atoms with Crippen molar-refractivity contribution in [2.24, 2.45) is 5.10 Å². The van der Waals surface area contributed by atoms with Gasteiger partial charge in [0.2, 0.25) is 0 Å². The summed E-state index contributed by atoms with van der Waals surface area (Å²) in [5.41, 5.74) is 2.85. The van der Waals surface area contributed by atoms with Crippen molar-refractivity contribution in [3.8, 4) is 0 Å². The summed E-state index contributed by atoms with van der Waals surface area (Å²) in [5, 5.41) is 7.70. The molecule has 5 nitrogen and oxygen atoms in total. The second-order valence-corrected chi connectivity index (χ2v) is 4.96. The summed E-state index contributed by atoms with van der Waals surface area (Å²) in [6.45, 7) is 3.54. The first-order chi connectivity index (χ1) is 10.8. The van der Waals surface area contributed by atoms with Gasteiger partial charge in [0.05, 0.1) is 17.5 Å². The van der Waals surface area contributed by atoms with Gasteiger partial charge < -0.3 is 0 Å². The number of hydrogen-bond acceptors (Lipinski definition) is 3. The number of aromatic nitrogens is 2. The topological polar surface area (TPSA) is 59.3 Å². The lowest BCUT2D eigenvalue weighted by Gasteiger charge is -2.09. The zero-order chi connectivity index (χ0) is 17.0. The normalized spacial score (nSPS) is 11.9. The Hall–Kier alpha value is -2.64. The molecule has 0 bridgehead atoms. The summed E-state index contributed by atoms with van der Waals surface area (Å²) in [5.74, 6) is -0.475. The lowest BCUT2D eigenvalue weighted by Crippen LogP contribution is -2.24. The largest absolute Gasteiger partial charge is 0.417 e. The molecule has 1 N–H and O–H groups in total. The van der Waals surface area contributed by atoms with Gasteiger partial charge in [-0.2, -0.15) is 23.4 Å². The van der Waals surface area contributed by atoms with Crippen molar-refractivity contribution in [1.29, 1.82) is 0 Å². The fraction of sp³-hybridized carbons (Fsp3) is 0.267. The molecule has 0 aliphatic carbocycles. The van der Waals surface area contributed by atoms with Crippen molar-refractivity contribution in [3.63, 3.8) is 0 Å². The first kappa shape index (κ1) is 16.7. The minimum Gasteiger partial charge on any atom is -0.271 e. The zero-order valence-corrected chi connectivity index (χ0v) is 12.6. The number of hydrogen-bond donors (Lipinski definition) is 1. The summed E-state index contributed by atoms with van der Waals surface area (Å²) >= 11 is 0. The Balaban J connectivity index is 2.02. The second kappa shape index (κ2) is 6.64. The molecule has 0 aliphatic heterocycles. The number of halogens is 3. The van der Waals surface area contributed by atoms with Gasteiger partial charge in [-0.3, -0.25) is 9.48 Å². The van der Waals surface area contributed by atoms with Gasteiger partial charge in [-0.25, -0.2) is 5.43 Å². The molecule has 0 unspecified atom stereocenters.